The number of aromatic amines is 1. The van der Waals surface area contributed by atoms with E-state index in [2.05, 4.69) is 31.3 Å². The summed E-state index contributed by atoms with van der Waals surface area (Å²) in [5.41, 5.74) is -0.181. The summed E-state index contributed by atoms with van der Waals surface area (Å²) in [5, 5.41) is 6.44. The van der Waals surface area contributed by atoms with Crippen LogP contribution in [-0.2, 0) is 12.7 Å². The van der Waals surface area contributed by atoms with Gasteiger partial charge in [-0.05, 0) is 23.8 Å². The lowest BCUT2D eigenvalue weighted by Gasteiger charge is -2.02. The van der Waals surface area contributed by atoms with Crippen molar-refractivity contribution in [2.45, 2.75) is 12.7 Å². The van der Waals surface area contributed by atoms with Crippen LogP contribution in [0.25, 0.3) is 0 Å². The van der Waals surface area contributed by atoms with Crippen LogP contribution in [0.5, 0.6) is 0 Å². The standard InChI is InChI=1S/C15H11BrF3N5O/c16-11-3-1-2-9(4-11)7-24-8-21-14(23-24)22-13(25)10-5-12(20-6-10)15(17,18)19/h1-6,8,20H,7H2,(H,22,23,25). The Kier molecular flexibility index (Phi) is 4.62. The zero-order chi connectivity index (χ0) is 18.0. The van der Waals surface area contributed by atoms with Crippen LogP contribution in [0, 0.1) is 0 Å². The topological polar surface area (TPSA) is 75.6 Å². The SMILES string of the molecule is O=C(Nc1ncn(Cc2cccc(Br)c2)n1)c1c[nH]c(C(F)(F)F)c1. The van der Waals surface area contributed by atoms with E-state index in [1.54, 1.807) is 0 Å². The van der Waals surface area contributed by atoms with Crippen molar-refractivity contribution in [1.82, 2.24) is 19.7 Å². The average Bonchev–Trinajstić information content (AvgIpc) is 3.16. The number of halogens is 4. The van der Waals surface area contributed by atoms with Crippen molar-refractivity contribution in [3.63, 3.8) is 0 Å². The van der Waals surface area contributed by atoms with E-state index in [-0.39, 0.29) is 11.5 Å². The number of benzene rings is 1. The molecule has 1 amide bonds. The van der Waals surface area contributed by atoms with Gasteiger partial charge in [0.25, 0.3) is 5.91 Å². The largest absolute Gasteiger partial charge is 0.431 e. The highest BCUT2D eigenvalue weighted by Crippen LogP contribution is 2.28. The molecule has 130 valence electrons. The van der Waals surface area contributed by atoms with Crippen molar-refractivity contribution in [3.8, 4) is 0 Å². The molecule has 10 heteroatoms. The highest BCUT2D eigenvalue weighted by molar-refractivity contribution is 9.10. The number of H-pyrrole nitrogens is 1. The van der Waals surface area contributed by atoms with E-state index in [4.69, 9.17) is 0 Å². The molecular weight excluding hydrogens is 403 g/mol. The number of hydrogen-bond donors (Lipinski definition) is 2. The van der Waals surface area contributed by atoms with Gasteiger partial charge < -0.3 is 4.98 Å². The third-order valence-electron chi connectivity index (χ3n) is 3.25. The Hall–Kier alpha value is -2.62. The van der Waals surface area contributed by atoms with Crippen LogP contribution in [0.3, 0.4) is 0 Å². The van der Waals surface area contributed by atoms with Crippen LogP contribution >= 0.6 is 15.9 Å². The van der Waals surface area contributed by atoms with Gasteiger partial charge in [0, 0.05) is 10.7 Å². The molecule has 6 nitrogen and oxygen atoms in total. The Morgan fingerprint density at radius 2 is 2.12 bits per heavy atom. The Balaban J connectivity index is 1.66. The van der Waals surface area contributed by atoms with Gasteiger partial charge in [-0.2, -0.15) is 13.2 Å². The Bertz CT molecular complexity index is 902. The molecule has 25 heavy (non-hydrogen) atoms. The maximum atomic E-state index is 12.5. The molecule has 0 unspecified atom stereocenters. The molecule has 2 N–H and O–H groups in total. The molecule has 0 atom stereocenters. The van der Waals surface area contributed by atoms with Crippen molar-refractivity contribution >= 4 is 27.8 Å². The van der Waals surface area contributed by atoms with E-state index in [9.17, 15) is 18.0 Å². The first kappa shape index (κ1) is 17.2. The second-order valence-corrected chi connectivity index (χ2v) is 6.07. The van der Waals surface area contributed by atoms with E-state index in [0.29, 0.717) is 6.54 Å². The van der Waals surface area contributed by atoms with E-state index >= 15 is 0 Å². The minimum atomic E-state index is -4.54. The molecule has 0 radical (unpaired) electrons. The molecule has 0 aliphatic rings. The normalized spacial score (nSPS) is 11.5. The number of anilines is 1. The van der Waals surface area contributed by atoms with E-state index in [1.165, 1.54) is 11.0 Å². The van der Waals surface area contributed by atoms with Gasteiger partial charge in [-0.3, -0.25) is 10.1 Å². The monoisotopic (exact) mass is 413 g/mol. The summed E-state index contributed by atoms with van der Waals surface area (Å²) in [5.74, 6) is -0.721. The highest BCUT2D eigenvalue weighted by atomic mass is 79.9. The number of aromatic nitrogens is 4. The minimum absolute atomic E-state index is 0.00903. The Morgan fingerprint density at radius 1 is 1.32 bits per heavy atom. The first-order chi connectivity index (χ1) is 11.8. The van der Waals surface area contributed by atoms with Crippen molar-refractivity contribution < 1.29 is 18.0 Å². The fraction of sp³-hybridized carbons (Fsp3) is 0.133. The molecule has 0 bridgehead atoms. The first-order valence-electron chi connectivity index (χ1n) is 7.02. The molecule has 0 aliphatic carbocycles. The molecule has 0 saturated carbocycles. The van der Waals surface area contributed by atoms with Crippen LogP contribution in [0.2, 0.25) is 0 Å². The van der Waals surface area contributed by atoms with Gasteiger partial charge in [0.2, 0.25) is 5.95 Å². The van der Waals surface area contributed by atoms with Crippen molar-refractivity contribution in [1.29, 1.82) is 0 Å². The lowest BCUT2D eigenvalue weighted by atomic mass is 10.2. The van der Waals surface area contributed by atoms with Crippen LogP contribution in [0.15, 0.2) is 47.3 Å². The van der Waals surface area contributed by atoms with E-state index in [0.717, 1.165) is 22.3 Å². The second kappa shape index (κ2) is 6.71. The first-order valence-corrected chi connectivity index (χ1v) is 7.81. The number of amides is 1. The molecule has 3 aromatic rings. The highest BCUT2D eigenvalue weighted by Gasteiger charge is 2.33. The molecule has 0 spiro atoms. The fourth-order valence-corrected chi connectivity index (χ4v) is 2.56. The molecule has 1 aromatic carbocycles. The van der Waals surface area contributed by atoms with Gasteiger partial charge in [-0.1, -0.05) is 28.1 Å². The lowest BCUT2D eigenvalue weighted by molar-refractivity contribution is -0.140. The number of nitrogens with zero attached hydrogens (tertiary/aromatic N) is 3. The van der Waals surface area contributed by atoms with E-state index in [1.807, 2.05) is 29.2 Å². The quantitative estimate of drug-likeness (QED) is 0.684. The Morgan fingerprint density at radius 3 is 2.80 bits per heavy atom. The molecule has 2 aromatic heterocycles. The maximum absolute atomic E-state index is 12.5. The molecule has 0 fully saturated rings. The predicted molar refractivity (Wildman–Crippen MR) is 87.0 cm³/mol. The summed E-state index contributed by atoms with van der Waals surface area (Å²) < 4.78 is 40.0. The fourth-order valence-electron chi connectivity index (χ4n) is 2.11. The maximum Gasteiger partial charge on any atom is 0.431 e. The van der Waals surface area contributed by atoms with Crippen LogP contribution in [0.1, 0.15) is 21.6 Å². The van der Waals surface area contributed by atoms with Crippen molar-refractivity contribution in [2.24, 2.45) is 0 Å². The number of hydrogen-bond acceptors (Lipinski definition) is 3. The molecule has 0 aliphatic heterocycles. The van der Waals surface area contributed by atoms with Gasteiger partial charge in [0.1, 0.15) is 12.0 Å². The zero-order valence-electron chi connectivity index (χ0n) is 12.5. The number of rotatable bonds is 4. The summed E-state index contributed by atoms with van der Waals surface area (Å²) in [6, 6.07) is 8.32. The van der Waals surface area contributed by atoms with Gasteiger partial charge in [0.05, 0.1) is 12.1 Å². The van der Waals surface area contributed by atoms with Crippen LogP contribution in [0.4, 0.5) is 19.1 Å². The summed E-state index contributed by atoms with van der Waals surface area (Å²) in [6.45, 7) is 0.435. The van der Waals surface area contributed by atoms with E-state index < -0.39 is 17.8 Å². The average molecular weight is 414 g/mol. The number of alkyl halides is 3. The van der Waals surface area contributed by atoms with Gasteiger partial charge >= 0.3 is 6.18 Å². The molecule has 0 saturated heterocycles. The van der Waals surface area contributed by atoms with Crippen molar-refractivity contribution in [2.75, 3.05) is 5.32 Å². The summed E-state index contributed by atoms with van der Waals surface area (Å²) >= 11 is 3.37. The Labute approximate surface area is 148 Å². The lowest BCUT2D eigenvalue weighted by Crippen LogP contribution is -2.13. The van der Waals surface area contributed by atoms with Gasteiger partial charge in [0.15, 0.2) is 0 Å². The van der Waals surface area contributed by atoms with Crippen LogP contribution < -0.4 is 5.32 Å². The summed E-state index contributed by atoms with van der Waals surface area (Å²) in [4.78, 5) is 17.9. The van der Waals surface area contributed by atoms with Gasteiger partial charge in [-0.15, -0.1) is 5.10 Å². The summed E-state index contributed by atoms with van der Waals surface area (Å²) in [7, 11) is 0. The van der Waals surface area contributed by atoms with Gasteiger partial charge in [-0.25, -0.2) is 9.67 Å². The minimum Gasteiger partial charge on any atom is -0.357 e. The number of nitrogens with one attached hydrogen (secondary N) is 2. The third kappa shape index (κ3) is 4.27. The molecule has 2 heterocycles. The van der Waals surface area contributed by atoms with Crippen LogP contribution in [-0.4, -0.2) is 25.7 Å². The number of carbonyl (C=O) groups excluding carboxylic acids is 1. The summed E-state index contributed by atoms with van der Waals surface area (Å²) in [6.07, 6.45) is -2.13. The third-order valence-corrected chi connectivity index (χ3v) is 3.74. The molecular formula is C15H11BrF3N5O. The van der Waals surface area contributed by atoms with Crippen molar-refractivity contribution in [3.05, 3.63) is 64.1 Å². The predicted octanol–water partition coefficient (Wildman–Crippen LogP) is 3.69. The zero-order valence-corrected chi connectivity index (χ0v) is 14.1. The number of carbonyl (C=O) groups is 1. The smallest absolute Gasteiger partial charge is 0.357 e. The second-order valence-electron chi connectivity index (χ2n) is 5.15. The molecule has 3 rings (SSSR count).